The molecule has 0 aromatic heterocycles. The highest BCUT2D eigenvalue weighted by Crippen LogP contribution is 2.28. The lowest BCUT2D eigenvalue weighted by atomic mass is 9.84. The predicted molar refractivity (Wildman–Crippen MR) is 55.2 cm³/mol. The van der Waals surface area contributed by atoms with Crippen molar-refractivity contribution in [3.8, 4) is 6.07 Å². The molecule has 74 valence electrons. The van der Waals surface area contributed by atoms with E-state index in [4.69, 9.17) is 5.26 Å². The van der Waals surface area contributed by atoms with Crippen LogP contribution in [0.2, 0.25) is 0 Å². The Hall–Kier alpha value is -0.510. The summed E-state index contributed by atoms with van der Waals surface area (Å²) in [5.74, 6) is 1.60. The normalized spacial score (nSPS) is 20.9. The van der Waals surface area contributed by atoms with Crippen LogP contribution in [-0.4, -0.2) is 0 Å². The number of nitrogens with zero attached hydrogens (tertiary/aromatic N) is 1. The zero-order chi connectivity index (χ0) is 9.52. The molecule has 0 heterocycles. The van der Waals surface area contributed by atoms with Gasteiger partial charge in [-0.1, -0.05) is 45.4 Å². The zero-order valence-corrected chi connectivity index (χ0v) is 8.76. The second-order valence-electron chi connectivity index (χ2n) is 4.55. The summed E-state index contributed by atoms with van der Waals surface area (Å²) in [5, 5.41) is 8.52. The van der Waals surface area contributed by atoms with Crippen LogP contribution in [0.25, 0.3) is 0 Å². The molecule has 0 N–H and O–H groups in total. The van der Waals surface area contributed by atoms with Gasteiger partial charge in [0.1, 0.15) is 0 Å². The summed E-state index contributed by atoms with van der Waals surface area (Å²) >= 11 is 0. The van der Waals surface area contributed by atoms with Crippen LogP contribution >= 0.6 is 0 Å². The van der Waals surface area contributed by atoms with E-state index >= 15 is 0 Å². The second-order valence-corrected chi connectivity index (χ2v) is 4.55. The fraction of sp³-hybridized carbons (Fsp3) is 0.917. The van der Waals surface area contributed by atoms with Crippen molar-refractivity contribution in [1.29, 1.82) is 5.26 Å². The van der Waals surface area contributed by atoms with Gasteiger partial charge in [-0.15, -0.1) is 0 Å². The van der Waals surface area contributed by atoms with Gasteiger partial charge < -0.3 is 0 Å². The number of hydrogen-bond acceptors (Lipinski definition) is 1. The molecule has 1 heteroatoms. The molecule has 0 amide bonds. The van der Waals surface area contributed by atoms with Gasteiger partial charge in [0.25, 0.3) is 0 Å². The highest BCUT2D eigenvalue weighted by atomic mass is 14.2. The zero-order valence-electron chi connectivity index (χ0n) is 8.76. The van der Waals surface area contributed by atoms with Gasteiger partial charge in [-0.05, 0) is 18.3 Å². The molecule has 1 saturated carbocycles. The smallest absolute Gasteiger partial charge is 0.0624 e. The fourth-order valence-electron chi connectivity index (χ4n) is 2.25. The van der Waals surface area contributed by atoms with Gasteiger partial charge in [-0.3, -0.25) is 0 Å². The van der Waals surface area contributed by atoms with Crippen molar-refractivity contribution < 1.29 is 0 Å². The maximum atomic E-state index is 8.52. The van der Waals surface area contributed by atoms with Crippen molar-refractivity contribution in [2.24, 2.45) is 11.8 Å². The third kappa shape index (κ3) is 4.31. The molecule has 0 aromatic carbocycles. The fourth-order valence-corrected chi connectivity index (χ4v) is 2.25. The van der Waals surface area contributed by atoms with Gasteiger partial charge in [0.2, 0.25) is 0 Å². The van der Waals surface area contributed by atoms with E-state index in [2.05, 4.69) is 13.0 Å². The quantitative estimate of drug-likeness (QED) is 0.642. The van der Waals surface area contributed by atoms with Gasteiger partial charge >= 0.3 is 0 Å². The lowest BCUT2D eigenvalue weighted by molar-refractivity contribution is 0.313. The highest BCUT2D eigenvalue weighted by molar-refractivity contribution is 4.74. The minimum Gasteiger partial charge on any atom is -0.198 e. The standard InChI is InChI=1S/C12H21N/c1-11(9-10-13)7-8-12-5-3-2-4-6-12/h11-12H,2-9H2,1H3. The van der Waals surface area contributed by atoms with E-state index in [0.717, 1.165) is 12.3 Å². The molecule has 13 heavy (non-hydrogen) atoms. The van der Waals surface area contributed by atoms with Crippen LogP contribution in [0.15, 0.2) is 0 Å². The molecule has 1 atom stereocenters. The van der Waals surface area contributed by atoms with Gasteiger partial charge in [0, 0.05) is 6.42 Å². The number of nitriles is 1. The Morgan fingerprint density at radius 2 is 2.00 bits per heavy atom. The molecular formula is C12H21N. The Morgan fingerprint density at radius 1 is 1.31 bits per heavy atom. The summed E-state index contributed by atoms with van der Waals surface area (Å²) in [7, 11) is 0. The first-order valence-corrected chi connectivity index (χ1v) is 5.70. The molecule has 0 aromatic rings. The van der Waals surface area contributed by atoms with Crippen molar-refractivity contribution in [2.45, 2.75) is 58.3 Å². The van der Waals surface area contributed by atoms with Gasteiger partial charge in [-0.25, -0.2) is 0 Å². The summed E-state index contributed by atoms with van der Waals surface area (Å²) in [5.41, 5.74) is 0. The third-order valence-electron chi connectivity index (χ3n) is 3.23. The highest BCUT2D eigenvalue weighted by Gasteiger charge is 2.14. The second kappa shape index (κ2) is 6.02. The van der Waals surface area contributed by atoms with Crippen LogP contribution < -0.4 is 0 Å². The van der Waals surface area contributed by atoms with E-state index < -0.39 is 0 Å². The van der Waals surface area contributed by atoms with E-state index in [1.807, 2.05) is 0 Å². The van der Waals surface area contributed by atoms with E-state index in [0.29, 0.717) is 5.92 Å². The molecule has 0 saturated heterocycles. The van der Waals surface area contributed by atoms with Crippen LogP contribution in [-0.2, 0) is 0 Å². The minimum absolute atomic E-state index is 0.618. The Balaban J connectivity index is 2.07. The summed E-state index contributed by atoms with van der Waals surface area (Å²) in [4.78, 5) is 0. The van der Waals surface area contributed by atoms with Crippen molar-refractivity contribution in [3.05, 3.63) is 0 Å². The monoisotopic (exact) mass is 179 g/mol. The van der Waals surface area contributed by atoms with E-state index in [-0.39, 0.29) is 0 Å². The van der Waals surface area contributed by atoms with Crippen LogP contribution in [0.3, 0.4) is 0 Å². The van der Waals surface area contributed by atoms with Gasteiger partial charge in [-0.2, -0.15) is 5.26 Å². The largest absolute Gasteiger partial charge is 0.198 e. The van der Waals surface area contributed by atoms with Crippen LogP contribution in [0, 0.1) is 23.2 Å². The molecule has 1 nitrogen and oxygen atoms in total. The van der Waals surface area contributed by atoms with Crippen molar-refractivity contribution in [2.75, 3.05) is 0 Å². The lowest BCUT2D eigenvalue weighted by Crippen LogP contribution is -2.07. The van der Waals surface area contributed by atoms with Crippen LogP contribution in [0.4, 0.5) is 0 Å². The molecule has 1 aliphatic rings. The maximum absolute atomic E-state index is 8.52. The molecular weight excluding hydrogens is 158 g/mol. The Labute approximate surface area is 82.1 Å². The van der Waals surface area contributed by atoms with Gasteiger partial charge in [0.15, 0.2) is 0 Å². The van der Waals surface area contributed by atoms with Gasteiger partial charge in [0.05, 0.1) is 6.07 Å². The Kier molecular flexibility index (Phi) is 4.90. The van der Waals surface area contributed by atoms with Crippen molar-refractivity contribution in [3.63, 3.8) is 0 Å². The molecule has 1 aliphatic carbocycles. The van der Waals surface area contributed by atoms with E-state index in [1.165, 1.54) is 44.9 Å². The van der Waals surface area contributed by atoms with Crippen molar-refractivity contribution in [1.82, 2.24) is 0 Å². The number of rotatable bonds is 4. The SMILES string of the molecule is CC(CC#N)CCC1CCCCC1. The Bertz CT molecular complexity index is 162. The molecule has 1 unspecified atom stereocenters. The predicted octanol–water partition coefficient (Wildman–Crippen LogP) is 3.90. The summed E-state index contributed by atoms with van der Waals surface area (Å²) < 4.78 is 0. The lowest BCUT2D eigenvalue weighted by Gasteiger charge is -2.22. The summed E-state index contributed by atoms with van der Waals surface area (Å²) in [6.45, 7) is 2.20. The van der Waals surface area contributed by atoms with Crippen LogP contribution in [0.5, 0.6) is 0 Å². The first-order valence-electron chi connectivity index (χ1n) is 5.70. The summed E-state index contributed by atoms with van der Waals surface area (Å²) in [6.07, 6.45) is 10.6. The first kappa shape index (κ1) is 10.6. The average Bonchev–Trinajstić information content (AvgIpc) is 2.17. The maximum Gasteiger partial charge on any atom is 0.0624 e. The van der Waals surface area contributed by atoms with Crippen molar-refractivity contribution >= 4 is 0 Å². The number of hydrogen-bond donors (Lipinski definition) is 0. The molecule has 0 spiro atoms. The van der Waals surface area contributed by atoms with E-state index in [9.17, 15) is 0 Å². The third-order valence-corrected chi connectivity index (χ3v) is 3.23. The molecule has 1 fully saturated rings. The Morgan fingerprint density at radius 3 is 2.62 bits per heavy atom. The minimum atomic E-state index is 0.618. The molecule has 1 rings (SSSR count). The van der Waals surface area contributed by atoms with Crippen LogP contribution in [0.1, 0.15) is 58.3 Å². The molecule has 0 radical (unpaired) electrons. The first-order chi connectivity index (χ1) is 6.33. The van der Waals surface area contributed by atoms with E-state index in [1.54, 1.807) is 0 Å². The molecule has 0 aliphatic heterocycles. The molecule has 0 bridgehead atoms. The topological polar surface area (TPSA) is 23.8 Å². The summed E-state index contributed by atoms with van der Waals surface area (Å²) in [6, 6.07) is 2.26. The average molecular weight is 179 g/mol.